The molecule has 1 amide bonds. The maximum absolute atomic E-state index is 12.5. The number of carbonyl (C=O) groups excluding carboxylic acids is 2. The van der Waals surface area contributed by atoms with E-state index in [1.165, 1.54) is 6.08 Å². The molecule has 0 fully saturated rings. The number of esters is 1. The smallest absolute Gasteiger partial charge is 0.323 e. The molecule has 0 bridgehead atoms. The molecule has 1 aromatic rings. The van der Waals surface area contributed by atoms with Gasteiger partial charge in [0.2, 0.25) is 12.3 Å². The monoisotopic (exact) mass is 440 g/mol. The molecule has 3 N–H and O–H groups in total. The number of ether oxygens (including phenoxy) is 2. The molecule has 0 radical (unpaired) electrons. The Morgan fingerprint density at radius 3 is 2.40 bits per heavy atom. The van der Waals surface area contributed by atoms with E-state index in [1.807, 2.05) is 6.07 Å². The third-order valence-electron chi connectivity index (χ3n) is 3.51. The van der Waals surface area contributed by atoms with Crippen LogP contribution in [0.5, 0.6) is 0 Å². The number of aliphatic hydroxyl groups excluding tert-OH is 1. The Morgan fingerprint density at radius 1 is 1.17 bits per heavy atom. The van der Waals surface area contributed by atoms with Crippen LogP contribution in [-0.4, -0.2) is 47.2 Å². The number of aliphatic hydroxyl groups is 1. The van der Waals surface area contributed by atoms with Crippen LogP contribution in [0.1, 0.15) is 53.5 Å². The van der Waals surface area contributed by atoms with Crippen molar-refractivity contribution in [2.75, 3.05) is 6.54 Å². The van der Waals surface area contributed by atoms with E-state index in [2.05, 4.69) is 10.6 Å². The zero-order chi connectivity index (χ0) is 22.9. The van der Waals surface area contributed by atoms with E-state index in [0.29, 0.717) is 5.02 Å². The number of halogens is 1. The lowest BCUT2D eigenvalue weighted by Crippen LogP contribution is -2.50. The van der Waals surface area contributed by atoms with Crippen molar-refractivity contribution < 1.29 is 24.2 Å². The summed E-state index contributed by atoms with van der Waals surface area (Å²) in [7, 11) is 0. The standard InChI is InChI=1S/C22H33ClN2O5/c1-21(2,3)29-19(27)17(25-20(28)30-22(4,5)6)12-13-24-18(26)11-10-15-8-7-9-16(23)14-15/h7-11,14,17,20,25,28H,12-13H2,1-6H3,(H,24,26)/b11-10+/t17-,20?/m0/s1. The van der Waals surface area contributed by atoms with Crippen molar-refractivity contribution in [1.29, 1.82) is 0 Å². The number of amides is 1. The predicted molar refractivity (Wildman–Crippen MR) is 118 cm³/mol. The second-order valence-corrected chi connectivity index (χ2v) is 9.24. The van der Waals surface area contributed by atoms with Crippen LogP contribution in [0, 0.1) is 0 Å². The Kier molecular flexibility index (Phi) is 9.97. The van der Waals surface area contributed by atoms with Crippen LogP contribution >= 0.6 is 11.6 Å². The summed E-state index contributed by atoms with van der Waals surface area (Å²) in [6.45, 7) is 10.8. The highest BCUT2D eigenvalue weighted by molar-refractivity contribution is 6.30. The van der Waals surface area contributed by atoms with Gasteiger partial charge in [0, 0.05) is 17.6 Å². The van der Waals surface area contributed by atoms with E-state index in [0.717, 1.165) is 5.56 Å². The summed E-state index contributed by atoms with van der Waals surface area (Å²) in [6.07, 6.45) is 1.88. The van der Waals surface area contributed by atoms with Crippen molar-refractivity contribution in [3.8, 4) is 0 Å². The molecule has 0 aliphatic rings. The molecule has 8 heteroatoms. The lowest BCUT2D eigenvalue weighted by Gasteiger charge is -2.29. The topological polar surface area (TPSA) is 96.9 Å². The molecule has 1 unspecified atom stereocenters. The summed E-state index contributed by atoms with van der Waals surface area (Å²) in [4.78, 5) is 24.5. The van der Waals surface area contributed by atoms with E-state index in [9.17, 15) is 14.7 Å². The van der Waals surface area contributed by atoms with Gasteiger partial charge in [-0.15, -0.1) is 0 Å². The molecule has 1 rings (SSSR count). The molecule has 0 aliphatic heterocycles. The third kappa shape index (κ3) is 11.9. The number of hydrogen-bond acceptors (Lipinski definition) is 6. The van der Waals surface area contributed by atoms with Crippen molar-refractivity contribution in [2.45, 2.75) is 71.6 Å². The number of benzene rings is 1. The van der Waals surface area contributed by atoms with Crippen LogP contribution in [0.15, 0.2) is 30.3 Å². The molecule has 0 heterocycles. The van der Waals surface area contributed by atoms with Crippen molar-refractivity contribution in [3.63, 3.8) is 0 Å². The molecule has 2 atom stereocenters. The van der Waals surface area contributed by atoms with Crippen molar-refractivity contribution >= 4 is 29.6 Å². The summed E-state index contributed by atoms with van der Waals surface area (Å²) < 4.78 is 10.8. The summed E-state index contributed by atoms with van der Waals surface area (Å²) >= 11 is 5.92. The number of nitrogens with one attached hydrogen (secondary N) is 2. The van der Waals surface area contributed by atoms with Crippen molar-refractivity contribution in [2.24, 2.45) is 0 Å². The molecular weight excluding hydrogens is 408 g/mol. The fourth-order valence-electron chi connectivity index (χ4n) is 2.36. The van der Waals surface area contributed by atoms with Gasteiger partial charge in [0.25, 0.3) is 0 Å². The highest BCUT2D eigenvalue weighted by Gasteiger charge is 2.28. The third-order valence-corrected chi connectivity index (χ3v) is 3.74. The molecule has 30 heavy (non-hydrogen) atoms. The summed E-state index contributed by atoms with van der Waals surface area (Å²) in [6, 6.07) is 6.25. The Morgan fingerprint density at radius 2 is 1.83 bits per heavy atom. The molecule has 0 saturated heterocycles. The minimum Gasteiger partial charge on any atom is -0.459 e. The maximum atomic E-state index is 12.5. The van der Waals surface area contributed by atoms with Crippen LogP contribution in [0.4, 0.5) is 0 Å². The minimum atomic E-state index is -1.36. The number of hydrogen-bond donors (Lipinski definition) is 3. The first-order valence-corrected chi connectivity index (χ1v) is 10.2. The first-order chi connectivity index (χ1) is 13.7. The highest BCUT2D eigenvalue weighted by Crippen LogP contribution is 2.13. The van der Waals surface area contributed by atoms with Gasteiger partial charge in [-0.25, -0.2) is 0 Å². The van der Waals surface area contributed by atoms with Crippen LogP contribution in [0.25, 0.3) is 6.08 Å². The molecular formula is C22H33ClN2O5. The molecule has 7 nitrogen and oxygen atoms in total. The van der Waals surface area contributed by atoms with Gasteiger partial charge in [0.05, 0.1) is 5.60 Å². The Bertz CT molecular complexity index is 738. The molecule has 0 aliphatic carbocycles. The van der Waals surface area contributed by atoms with E-state index in [-0.39, 0.29) is 18.9 Å². The fourth-order valence-corrected chi connectivity index (χ4v) is 2.56. The van der Waals surface area contributed by atoms with Crippen molar-refractivity contribution in [3.05, 3.63) is 40.9 Å². The zero-order valence-electron chi connectivity index (χ0n) is 18.5. The Balaban J connectivity index is 2.65. The Hall–Kier alpha value is -1.93. The van der Waals surface area contributed by atoms with Gasteiger partial charge in [0.15, 0.2) is 0 Å². The predicted octanol–water partition coefficient (Wildman–Crippen LogP) is 3.25. The van der Waals surface area contributed by atoms with Crippen LogP contribution in [0.3, 0.4) is 0 Å². The average Bonchev–Trinajstić information content (AvgIpc) is 2.56. The number of rotatable bonds is 9. The summed E-state index contributed by atoms with van der Waals surface area (Å²) in [5.74, 6) is -0.854. The molecule has 0 spiro atoms. The largest absolute Gasteiger partial charge is 0.459 e. The quantitative estimate of drug-likeness (QED) is 0.310. The lowest BCUT2D eigenvalue weighted by molar-refractivity contribution is -0.193. The first-order valence-electron chi connectivity index (χ1n) is 9.81. The molecule has 0 saturated carbocycles. The fraction of sp³-hybridized carbons (Fsp3) is 0.545. The van der Waals surface area contributed by atoms with Gasteiger partial charge in [-0.3, -0.25) is 14.9 Å². The summed E-state index contributed by atoms with van der Waals surface area (Å²) in [5, 5.41) is 16.1. The van der Waals surface area contributed by atoms with Gasteiger partial charge in [-0.1, -0.05) is 23.7 Å². The van der Waals surface area contributed by atoms with E-state index in [1.54, 1.807) is 65.8 Å². The lowest BCUT2D eigenvalue weighted by atomic mass is 10.1. The zero-order valence-corrected chi connectivity index (χ0v) is 19.2. The number of carbonyl (C=O) groups is 2. The first kappa shape index (κ1) is 26.1. The molecule has 0 aromatic heterocycles. The van der Waals surface area contributed by atoms with E-state index >= 15 is 0 Å². The highest BCUT2D eigenvalue weighted by atomic mass is 35.5. The minimum absolute atomic E-state index is 0.192. The second kappa shape index (κ2) is 11.5. The van der Waals surface area contributed by atoms with Gasteiger partial charge < -0.3 is 19.9 Å². The van der Waals surface area contributed by atoms with Crippen LogP contribution in [-0.2, 0) is 19.1 Å². The summed E-state index contributed by atoms with van der Waals surface area (Å²) in [5.41, 5.74) is -0.492. The van der Waals surface area contributed by atoms with Gasteiger partial charge >= 0.3 is 5.97 Å². The molecule has 1 aromatic carbocycles. The average molecular weight is 441 g/mol. The maximum Gasteiger partial charge on any atom is 0.323 e. The van der Waals surface area contributed by atoms with Gasteiger partial charge in [-0.05, 0) is 71.7 Å². The van der Waals surface area contributed by atoms with E-state index < -0.39 is 29.6 Å². The SMILES string of the molecule is CC(C)(C)OC(=O)[C@H](CCNC(=O)/C=C/c1cccc(Cl)c1)NC(O)OC(C)(C)C. The van der Waals surface area contributed by atoms with Gasteiger partial charge in [0.1, 0.15) is 11.6 Å². The normalized spacial score (nSPS) is 14.4. The molecule has 168 valence electrons. The van der Waals surface area contributed by atoms with Crippen LogP contribution in [0.2, 0.25) is 5.02 Å². The van der Waals surface area contributed by atoms with Crippen molar-refractivity contribution in [1.82, 2.24) is 10.6 Å². The van der Waals surface area contributed by atoms with E-state index in [4.69, 9.17) is 21.1 Å². The Labute approximate surface area is 183 Å². The second-order valence-electron chi connectivity index (χ2n) is 8.80. The van der Waals surface area contributed by atoms with Crippen LogP contribution < -0.4 is 10.6 Å². The van der Waals surface area contributed by atoms with Gasteiger partial charge in [-0.2, -0.15) is 0 Å².